The molecule has 1 saturated carbocycles. The summed E-state index contributed by atoms with van der Waals surface area (Å²) in [5.41, 5.74) is 0. The van der Waals surface area contributed by atoms with Gasteiger partial charge in [-0.3, -0.25) is 0 Å². The lowest BCUT2D eigenvalue weighted by Gasteiger charge is -2.08. The van der Waals surface area contributed by atoms with Crippen LogP contribution in [0.4, 0.5) is 0 Å². The van der Waals surface area contributed by atoms with Gasteiger partial charge in [0.1, 0.15) is 0 Å². The third kappa shape index (κ3) is 4.70. The minimum atomic E-state index is -0.189. The molecule has 15 heavy (non-hydrogen) atoms. The van der Waals surface area contributed by atoms with Crippen LogP contribution in [0.5, 0.6) is 0 Å². The van der Waals surface area contributed by atoms with Crippen molar-refractivity contribution in [1.29, 1.82) is 0 Å². The van der Waals surface area contributed by atoms with Crippen molar-refractivity contribution in [2.45, 2.75) is 64.4 Å². The predicted molar refractivity (Wildman–Crippen MR) is 62.8 cm³/mol. The van der Waals surface area contributed by atoms with E-state index in [2.05, 4.69) is 6.92 Å². The van der Waals surface area contributed by atoms with E-state index in [0.717, 1.165) is 25.7 Å². The maximum absolute atomic E-state index is 9.77. The van der Waals surface area contributed by atoms with Gasteiger partial charge in [-0.1, -0.05) is 26.2 Å². The summed E-state index contributed by atoms with van der Waals surface area (Å²) in [6.07, 6.45) is 10.3. The molecule has 2 unspecified atom stereocenters. The van der Waals surface area contributed by atoms with Crippen molar-refractivity contribution in [3.05, 3.63) is 11.8 Å². The molecular formula is C13H24O2. The summed E-state index contributed by atoms with van der Waals surface area (Å²) in [5.74, 6) is 0.745. The molecule has 2 atom stereocenters. The van der Waals surface area contributed by atoms with Gasteiger partial charge < -0.3 is 10.2 Å². The van der Waals surface area contributed by atoms with Crippen molar-refractivity contribution in [3.8, 4) is 0 Å². The molecule has 0 bridgehead atoms. The Balaban J connectivity index is 2.15. The largest absolute Gasteiger partial charge is 0.512 e. The van der Waals surface area contributed by atoms with Gasteiger partial charge in [-0.05, 0) is 38.2 Å². The van der Waals surface area contributed by atoms with Crippen molar-refractivity contribution in [2.75, 3.05) is 0 Å². The SMILES string of the molecule is CCCCCCC=C(O)C1CCC(O)C1. The zero-order valence-corrected chi connectivity index (χ0v) is 9.78. The van der Waals surface area contributed by atoms with Gasteiger partial charge in [0.25, 0.3) is 0 Å². The van der Waals surface area contributed by atoms with Crippen molar-refractivity contribution in [1.82, 2.24) is 0 Å². The first-order valence-corrected chi connectivity index (χ1v) is 6.31. The van der Waals surface area contributed by atoms with Crippen LogP contribution in [0.1, 0.15) is 58.3 Å². The minimum absolute atomic E-state index is 0.189. The van der Waals surface area contributed by atoms with Crippen molar-refractivity contribution in [2.24, 2.45) is 5.92 Å². The Morgan fingerprint density at radius 3 is 2.67 bits per heavy atom. The van der Waals surface area contributed by atoms with E-state index in [1.165, 1.54) is 25.7 Å². The molecule has 2 heteroatoms. The Kier molecular flexibility index (Phi) is 5.77. The topological polar surface area (TPSA) is 40.5 Å². The molecule has 1 aliphatic rings. The molecule has 0 aromatic rings. The summed E-state index contributed by atoms with van der Waals surface area (Å²) in [4.78, 5) is 0. The van der Waals surface area contributed by atoms with Gasteiger partial charge in [0.05, 0.1) is 11.9 Å². The highest BCUT2D eigenvalue weighted by atomic mass is 16.3. The van der Waals surface area contributed by atoms with Gasteiger partial charge in [-0.15, -0.1) is 0 Å². The molecule has 2 nitrogen and oxygen atoms in total. The molecular weight excluding hydrogens is 188 g/mol. The van der Waals surface area contributed by atoms with Crippen LogP contribution in [0.3, 0.4) is 0 Å². The van der Waals surface area contributed by atoms with Gasteiger partial charge >= 0.3 is 0 Å². The number of hydrogen-bond acceptors (Lipinski definition) is 2. The first-order chi connectivity index (χ1) is 7.24. The molecule has 1 rings (SSSR count). The van der Waals surface area contributed by atoms with Crippen LogP contribution in [-0.4, -0.2) is 16.3 Å². The molecule has 2 N–H and O–H groups in total. The molecule has 1 aliphatic carbocycles. The molecule has 0 aromatic carbocycles. The highest BCUT2D eigenvalue weighted by Gasteiger charge is 2.25. The maximum atomic E-state index is 9.77. The van der Waals surface area contributed by atoms with Crippen LogP contribution < -0.4 is 0 Å². The molecule has 0 amide bonds. The fourth-order valence-electron chi connectivity index (χ4n) is 2.21. The summed E-state index contributed by atoms with van der Waals surface area (Å²) >= 11 is 0. The third-order valence-electron chi connectivity index (χ3n) is 3.23. The third-order valence-corrected chi connectivity index (χ3v) is 3.23. The lowest BCUT2D eigenvalue weighted by Crippen LogP contribution is -2.02. The van der Waals surface area contributed by atoms with E-state index in [1.807, 2.05) is 6.08 Å². The molecule has 0 radical (unpaired) electrons. The van der Waals surface area contributed by atoms with Gasteiger partial charge in [0.15, 0.2) is 0 Å². The van der Waals surface area contributed by atoms with E-state index < -0.39 is 0 Å². The summed E-state index contributed by atoms with van der Waals surface area (Å²) in [6, 6.07) is 0. The first kappa shape index (κ1) is 12.6. The van der Waals surface area contributed by atoms with E-state index >= 15 is 0 Å². The van der Waals surface area contributed by atoms with Crippen LogP contribution in [-0.2, 0) is 0 Å². The zero-order chi connectivity index (χ0) is 11.1. The van der Waals surface area contributed by atoms with E-state index in [0.29, 0.717) is 5.76 Å². The van der Waals surface area contributed by atoms with Crippen LogP contribution in [0, 0.1) is 5.92 Å². The Morgan fingerprint density at radius 2 is 2.07 bits per heavy atom. The van der Waals surface area contributed by atoms with E-state index in [9.17, 15) is 10.2 Å². The molecule has 0 aromatic heterocycles. The minimum Gasteiger partial charge on any atom is -0.512 e. The second kappa shape index (κ2) is 6.89. The van der Waals surface area contributed by atoms with Gasteiger partial charge in [0.2, 0.25) is 0 Å². The van der Waals surface area contributed by atoms with Crippen molar-refractivity contribution in [3.63, 3.8) is 0 Å². The zero-order valence-electron chi connectivity index (χ0n) is 9.78. The second-order valence-corrected chi connectivity index (χ2v) is 4.64. The molecule has 1 fully saturated rings. The van der Waals surface area contributed by atoms with Crippen LogP contribution in [0.15, 0.2) is 11.8 Å². The quantitative estimate of drug-likeness (QED) is 0.522. The Labute approximate surface area is 93.0 Å². The highest BCUT2D eigenvalue weighted by molar-refractivity contribution is 5.00. The summed E-state index contributed by atoms with van der Waals surface area (Å²) in [5, 5.41) is 19.1. The van der Waals surface area contributed by atoms with Crippen molar-refractivity contribution < 1.29 is 10.2 Å². The predicted octanol–water partition coefficient (Wildman–Crippen LogP) is 3.56. The monoisotopic (exact) mass is 212 g/mol. The molecule has 0 saturated heterocycles. The molecule has 88 valence electrons. The summed E-state index contributed by atoms with van der Waals surface area (Å²) in [7, 11) is 0. The number of aliphatic hydroxyl groups is 2. The van der Waals surface area contributed by atoms with Gasteiger partial charge in [-0.25, -0.2) is 0 Å². The van der Waals surface area contributed by atoms with Gasteiger partial charge in [-0.2, -0.15) is 0 Å². The molecule has 0 aliphatic heterocycles. The lowest BCUT2D eigenvalue weighted by atomic mass is 10.0. The Hall–Kier alpha value is -0.500. The highest BCUT2D eigenvalue weighted by Crippen LogP contribution is 2.30. The number of unbranched alkanes of at least 4 members (excludes halogenated alkanes) is 4. The fraction of sp³-hybridized carbons (Fsp3) is 0.846. The standard InChI is InChI=1S/C13H24O2/c1-2-3-4-5-6-7-13(15)11-8-9-12(14)10-11/h7,11-12,14-15H,2-6,8-10H2,1H3. The molecule has 0 spiro atoms. The van der Waals surface area contributed by atoms with Crippen molar-refractivity contribution >= 4 is 0 Å². The summed E-state index contributed by atoms with van der Waals surface area (Å²) in [6.45, 7) is 2.20. The Bertz CT molecular complexity index is 199. The summed E-state index contributed by atoms with van der Waals surface area (Å²) < 4.78 is 0. The van der Waals surface area contributed by atoms with Crippen LogP contribution >= 0.6 is 0 Å². The number of aliphatic hydroxyl groups excluding tert-OH is 2. The van der Waals surface area contributed by atoms with E-state index in [-0.39, 0.29) is 12.0 Å². The van der Waals surface area contributed by atoms with Crippen LogP contribution in [0.25, 0.3) is 0 Å². The maximum Gasteiger partial charge on any atom is 0.0914 e. The smallest absolute Gasteiger partial charge is 0.0914 e. The second-order valence-electron chi connectivity index (χ2n) is 4.64. The normalized spacial score (nSPS) is 27.2. The average molecular weight is 212 g/mol. The van der Waals surface area contributed by atoms with Crippen LogP contribution in [0.2, 0.25) is 0 Å². The van der Waals surface area contributed by atoms with E-state index in [1.54, 1.807) is 0 Å². The van der Waals surface area contributed by atoms with E-state index in [4.69, 9.17) is 0 Å². The van der Waals surface area contributed by atoms with Gasteiger partial charge in [0, 0.05) is 5.92 Å². The average Bonchev–Trinajstić information content (AvgIpc) is 2.64. The number of allylic oxidation sites excluding steroid dienone is 2. The number of hydrogen-bond donors (Lipinski definition) is 2. The fourth-order valence-corrected chi connectivity index (χ4v) is 2.21. The lowest BCUT2D eigenvalue weighted by molar-refractivity contribution is 0.175. The Morgan fingerprint density at radius 1 is 1.27 bits per heavy atom. The first-order valence-electron chi connectivity index (χ1n) is 6.31. The molecule has 0 heterocycles. The number of rotatable bonds is 6.